The van der Waals surface area contributed by atoms with Gasteiger partial charge in [-0.1, -0.05) is 26.2 Å². The van der Waals surface area contributed by atoms with Crippen molar-refractivity contribution < 1.29 is 14.3 Å². The summed E-state index contributed by atoms with van der Waals surface area (Å²) in [6, 6.07) is 0. The predicted octanol–water partition coefficient (Wildman–Crippen LogP) is 2.29. The minimum Gasteiger partial charge on any atom is -0.463 e. The van der Waals surface area contributed by atoms with Crippen molar-refractivity contribution in [2.24, 2.45) is 0 Å². The summed E-state index contributed by atoms with van der Waals surface area (Å²) in [6.07, 6.45) is 7.08. The summed E-state index contributed by atoms with van der Waals surface area (Å²) in [5.41, 5.74) is 0. The molecule has 0 unspecified atom stereocenters. The average Bonchev–Trinajstić information content (AvgIpc) is 2.25. The van der Waals surface area contributed by atoms with E-state index in [-0.39, 0.29) is 5.97 Å². The molecule has 0 heterocycles. The average molecular weight is 200 g/mol. The molecule has 0 aromatic rings. The van der Waals surface area contributed by atoms with Crippen molar-refractivity contribution in [2.45, 2.75) is 51.6 Å². The molecular weight excluding hydrogens is 180 g/mol. The summed E-state index contributed by atoms with van der Waals surface area (Å²) < 4.78 is 10.5. The van der Waals surface area contributed by atoms with Crippen molar-refractivity contribution in [2.75, 3.05) is 13.2 Å². The minimum absolute atomic E-state index is 0.141. The predicted molar refractivity (Wildman–Crippen MR) is 54.1 cm³/mol. The second-order valence-electron chi connectivity index (χ2n) is 3.70. The first-order chi connectivity index (χ1) is 6.83. The molecule has 14 heavy (non-hydrogen) atoms. The lowest BCUT2D eigenvalue weighted by Crippen LogP contribution is -2.19. The second kappa shape index (κ2) is 6.82. The zero-order valence-electron chi connectivity index (χ0n) is 8.96. The first-order valence-electron chi connectivity index (χ1n) is 5.60. The topological polar surface area (TPSA) is 35.5 Å². The summed E-state index contributed by atoms with van der Waals surface area (Å²) in [4.78, 5) is 10.8. The fraction of sp³-hybridized carbons (Fsp3) is 0.909. The fourth-order valence-electron chi connectivity index (χ4n) is 1.70. The molecule has 0 amide bonds. The highest BCUT2D eigenvalue weighted by Gasteiger charge is 2.13. The Hall–Kier alpha value is -0.570. The van der Waals surface area contributed by atoms with Crippen LogP contribution in [0.3, 0.4) is 0 Å². The zero-order chi connectivity index (χ0) is 10.2. The third kappa shape index (κ3) is 4.61. The van der Waals surface area contributed by atoms with Gasteiger partial charge < -0.3 is 9.47 Å². The first kappa shape index (κ1) is 11.5. The molecular formula is C11H20O3. The highest BCUT2D eigenvalue weighted by molar-refractivity contribution is 5.68. The zero-order valence-corrected chi connectivity index (χ0v) is 8.96. The number of ether oxygens (including phenoxy) is 2. The van der Waals surface area contributed by atoms with Crippen molar-refractivity contribution in [3.8, 4) is 0 Å². The maximum Gasteiger partial charge on any atom is 0.305 e. The number of carbonyl (C=O) groups is 1. The van der Waals surface area contributed by atoms with Crippen LogP contribution in [-0.2, 0) is 14.3 Å². The highest BCUT2D eigenvalue weighted by Crippen LogP contribution is 2.19. The summed E-state index contributed by atoms with van der Waals surface area (Å²) in [6.45, 7) is 2.75. The van der Waals surface area contributed by atoms with Crippen LogP contribution in [0.1, 0.15) is 45.4 Å². The van der Waals surface area contributed by atoms with E-state index in [0.717, 1.165) is 0 Å². The maximum absolute atomic E-state index is 10.8. The number of rotatable bonds is 5. The van der Waals surface area contributed by atoms with Crippen LogP contribution in [0.15, 0.2) is 0 Å². The Kier molecular flexibility index (Phi) is 5.60. The Morgan fingerprint density at radius 1 is 1.21 bits per heavy atom. The van der Waals surface area contributed by atoms with Crippen LogP contribution in [0.4, 0.5) is 0 Å². The van der Waals surface area contributed by atoms with E-state index >= 15 is 0 Å². The molecule has 1 aliphatic carbocycles. The number of hydrogen-bond donors (Lipinski definition) is 0. The van der Waals surface area contributed by atoms with Gasteiger partial charge in [-0.2, -0.15) is 0 Å². The SMILES string of the molecule is CCC(=O)OCCOC1CCCCC1. The van der Waals surface area contributed by atoms with Gasteiger partial charge in [0.1, 0.15) is 6.61 Å². The summed E-state index contributed by atoms with van der Waals surface area (Å²) in [7, 11) is 0. The van der Waals surface area contributed by atoms with E-state index in [1.807, 2.05) is 0 Å². The van der Waals surface area contributed by atoms with Crippen LogP contribution in [0.2, 0.25) is 0 Å². The molecule has 0 aromatic heterocycles. The lowest BCUT2D eigenvalue weighted by Gasteiger charge is -2.21. The monoisotopic (exact) mass is 200 g/mol. The minimum atomic E-state index is -0.141. The molecule has 1 aliphatic rings. The second-order valence-corrected chi connectivity index (χ2v) is 3.70. The molecule has 0 bridgehead atoms. The van der Waals surface area contributed by atoms with Gasteiger partial charge >= 0.3 is 5.97 Å². The van der Waals surface area contributed by atoms with E-state index in [1.165, 1.54) is 32.1 Å². The third-order valence-corrected chi connectivity index (χ3v) is 2.54. The molecule has 0 aromatic carbocycles. The van der Waals surface area contributed by atoms with Gasteiger partial charge in [0.25, 0.3) is 0 Å². The van der Waals surface area contributed by atoms with Crippen molar-refractivity contribution in [3.63, 3.8) is 0 Å². The Morgan fingerprint density at radius 2 is 1.93 bits per heavy atom. The van der Waals surface area contributed by atoms with Gasteiger partial charge in [-0.05, 0) is 12.8 Å². The van der Waals surface area contributed by atoms with Gasteiger partial charge in [-0.25, -0.2) is 0 Å². The van der Waals surface area contributed by atoms with E-state index in [1.54, 1.807) is 6.92 Å². The van der Waals surface area contributed by atoms with Gasteiger partial charge in [-0.15, -0.1) is 0 Å². The van der Waals surface area contributed by atoms with E-state index in [4.69, 9.17) is 9.47 Å². The molecule has 82 valence electrons. The van der Waals surface area contributed by atoms with Gasteiger partial charge in [-0.3, -0.25) is 4.79 Å². The Balaban J connectivity index is 1.94. The Morgan fingerprint density at radius 3 is 2.57 bits per heavy atom. The first-order valence-corrected chi connectivity index (χ1v) is 5.60. The lowest BCUT2D eigenvalue weighted by atomic mass is 9.98. The van der Waals surface area contributed by atoms with Crippen molar-refractivity contribution in [1.29, 1.82) is 0 Å². The van der Waals surface area contributed by atoms with Gasteiger partial charge in [0.15, 0.2) is 0 Å². The molecule has 0 saturated heterocycles. The number of esters is 1. The van der Waals surface area contributed by atoms with Crippen molar-refractivity contribution in [3.05, 3.63) is 0 Å². The van der Waals surface area contributed by atoms with Crippen LogP contribution >= 0.6 is 0 Å². The maximum atomic E-state index is 10.8. The van der Waals surface area contributed by atoms with Crippen LogP contribution < -0.4 is 0 Å². The van der Waals surface area contributed by atoms with E-state index in [9.17, 15) is 4.79 Å². The largest absolute Gasteiger partial charge is 0.463 e. The molecule has 0 radical (unpaired) electrons. The number of carbonyl (C=O) groups excluding carboxylic acids is 1. The smallest absolute Gasteiger partial charge is 0.305 e. The molecule has 1 saturated carbocycles. The third-order valence-electron chi connectivity index (χ3n) is 2.54. The molecule has 3 nitrogen and oxygen atoms in total. The lowest BCUT2D eigenvalue weighted by molar-refractivity contribution is -0.145. The quantitative estimate of drug-likeness (QED) is 0.504. The normalized spacial score (nSPS) is 18.1. The van der Waals surface area contributed by atoms with Crippen LogP contribution in [0.25, 0.3) is 0 Å². The fourth-order valence-corrected chi connectivity index (χ4v) is 1.70. The van der Waals surface area contributed by atoms with Gasteiger partial charge in [0.05, 0.1) is 12.7 Å². The van der Waals surface area contributed by atoms with E-state index < -0.39 is 0 Å². The van der Waals surface area contributed by atoms with Crippen LogP contribution in [0, 0.1) is 0 Å². The van der Waals surface area contributed by atoms with Crippen LogP contribution in [0.5, 0.6) is 0 Å². The van der Waals surface area contributed by atoms with Gasteiger partial charge in [0, 0.05) is 6.42 Å². The van der Waals surface area contributed by atoms with E-state index in [2.05, 4.69) is 0 Å². The molecule has 0 atom stereocenters. The highest BCUT2D eigenvalue weighted by atomic mass is 16.6. The van der Waals surface area contributed by atoms with Crippen molar-refractivity contribution in [1.82, 2.24) is 0 Å². The molecule has 0 N–H and O–H groups in total. The number of hydrogen-bond acceptors (Lipinski definition) is 3. The standard InChI is InChI=1S/C11H20O3/c1-2-11(12)14-9-8-13-10-6-4-3-5-7-10/h10H,2-9H2,1H3. The molecule has 1 rings (SSSR count). The molecule has 3 heteroatoms. The van der Waals surface area contributed by atoms with E-state index in [0.29, 0.717) is 25.7 Å². The summed E-state index contributed by atoms with van der Waals surface area (Å²) in [5.74, 6) is -0.141. The van der Waals surface area contributed by atoms with Crippen LogP contribution in [-0.4, -0.2) is 25.3 Å². The molecule has 1 fully saturated rings. The Bertz CT molecular complexity index is 162. The Labute approximate surface area is 85.8 Å². The summed E-state index contributed by atoms with van der Waals surface area (Å²) >= 11 is 0. The van der Waals surface area contributed by atoms with Gasteiger partial charge in [0.2, 0.25) is 0 Å². The summed E-state index contributed by atoms with van der Waals surface area (Å²) in [5, 5.41) is 0. The van der Waals surface area contributed by atoms with Crippen molar-refractivity contribution >= 4 is 5.97 Å². The molecule has 0 spiro atoms. The molecule has 0 aliphatic heterocycles.